The van der Waals surface area contributed by atoms with Crippen molar-refractivity contribution in [1.82, 2.24) is 9.97 Å². The van der Waals surface area contributed by atoms with Crippen molar-refractivity contribution < 1.29 is 9.59 Å². The van der Waals surface area contributed by atoms with Crippen molar-refractivity contribution in [3.8, 4) is 11.4 Å². The molecule has 0 radical (unpaired) electrons. The summed E-state index contributed by atoms with van der Waals surface area (Å²) in [4.78, 5) is 34.0. The molecule has 4 aromatic carbocycles. The van der Waals surface area contributed by atoms with Crippen LogP contribution in [0.5, 0.6) is 0 Å². The first-order valence-corrected chi connectivity index (χ1v) is 12.2. The number of aromatic amines is 1. The predicted octanol–water partition coefficient (Wildman–Crippen LogP) is 8.33. The van der Waals surface area contributed by atoms with E-state index in [2.05, 4.69) is 15.3 Å². The first-order chi connectivity index (χ1) is 17.3. The van der Waals surface area contributed by atoms with Gasteiger partial charge in [0.2, 0.25) is 0 Å². The maximum absolute atomic E-state index is 13.3. The van der Waals surface area contributed by atoms with Gasteiger partial charge in [-0.3, -0.25) is 9.59 Å². The van der Waals surface area contributed by atoms with Crippen LogP contribution in [0.4, 0.5) is 5.69 Å². The number of benzene rings is 4. The fourth-order valence-corrected chi connectivity index (χ4v) is 4.84. The smallest absolute Gasteiger partial charge is 0.258 e. The Balaban J connectivity index is 1.62. The monoisotopic (exact) mass is 553 g/mol. The lowest BCUT2D eigenvalue weighted by atomic mass is 10.0. The number of amides is 1. The zero-order chi connectivity index (χ0) is 25.4. The highest BCUT2D eigenvalue weighted by Gasteiger charge is 2.28. The van der Waals surface area contributed by atoms with E-state index in [0.717, 1.165) is 0 Å². The average molecular weight is 555 g/mol. The molecule has 0 unspecified atom stereocenters. The number of rotatable bonds is 5. The van der Waals surface area contributed by atoms with Crippen LogP contribution in [-0.2, 0) is 0 Å². The molecule has 0 aliphatic carbocycles. The van der Waals surface area contributed by atoms with Crippen molar-refractivity contribution in [3.63, 3.8) is 0 Å². The van der Waals surface area contributed by atoms with Crippen LogP contribution in [0, 0.1) is 0 Å². The number of ketones is 1. The van der Waals surface area contributed by atoms with Gasteiger partial charge >= 0.3 is 0 Å². The maximum Gasteiger partial charge on any atom is 0.258 e. The number of nitrogens with one attached hydrogen (secondary N) is 2. The molecule has 0 spiro atoms. The molecule has 0 saturated carbocycles. The molecule has 1 aromatic heterocycles. The highest BCUT2D eigenvalue weighted by Crippen LogP contribution is 2.45. The molecular weight excluding hydrogens is 540 g/mol. The Hall–Kier alpha value is -3.35. The average Bonchev–Trinajstić information content (AvgIpc) is 3.33. The summed E-state index contributed by atoms with van der Waals surface area (Å²) in [6.45, 7) is 0. The van der Waals surface area contributed by atoms with E-state index in [-0.39, 0.29) is 42.8 Å². The van der Waals surface area contributed by atoms with Gasteiger partial charge in [-0.15, -0.1) is 0 Å². The molecule has 2 N–H and O–H groups in total. The lowest BCUT2D eigenvalue weighted by molar-refractivity contribution is 0.102. The van der Waals surface area contributed by atoms with Crippen molar-refractivity contribution in [3.05, 3.63) is 116 Å². The minimum absolute atomic E-state index is 0.00463. The van der Waals surface area contributed by atoms with Crippen molar-refractivity contribution in [2.75, 3.05) is 5.32 Å². The van der Waals surface area contributed by atoms with Crippen LogP contribution in [0.15, 0.2) is 78.9 Å². The highest BCUT2D eigenvalue weighted by molar-refractivity contribution is 6.54. The minimum Gasteiger partial charge on any atom is -0.338 e. The summed E-state index contributed by atoms with van der Waals surface area (Å²) in [6, 6.07) is 22.9. The summed E-state index contributed by atoms with van der Waals surface area (Å²) in [5, 5.41) is 2.70. The second-order valence-corrected chi connectivity index (χ2v) is 9.35. The standard InChI is InChI=1S/C27H15Cl4N3O2/c28-21-19(20(22(29)24(31)23(21)30)27(36)32-16-9-5-2-6-10-16)26-33-17-12-11-15(13-18(17)34-26)25(35)14-7-3-1-4-8-14/h1-13H,(H,32,36)(H,33,34). The number of hydrogen-bond acceptors (Lipinski definition) is 3. The molecule has 178 valence electrons. The van der Waals surface area contributed by atoms with Gasteiger partial charge in [-0.1, -0.05) is 94.9 Å². The van der Waals surface area contributed by atoms with Gasteiger partial charge < -0.3 is 10.3 Å². The molecule has 5 aromatic rings. The third-order valence-electron chi connectivity index (χ3n) is 5.54. The molecule has 0 fully saturated rings. The number of nitrogens with zero attached hydrogens (tertiary/aromatic N) is 1. The molecule has 0 saturated heterocycles. The Kier molecular flexibility index (Phi) is 6.73. The van der Waals surface area contributed by atoms with E-state index in [1.165, 1.54) is 0 Å². The number of aromatic nitrogens is 2. The summed E-state index contributed by atoms with van der Waals surface area (Å²) in [5.74, 6) is -0.424. The van der Waals surface area contributed by atoms with Crippen molar-refractivity contribution in [2.45, 2.75) is 0 Å². The number of para-hydroxylation sites is 1. The third-order valence-corrected chi connectivity index (χ3v) is 7.34. The van der Waals surface area contributed by atoms with Crippen LogP contribution in [0.3, 0.4) is 0 Å². The minimum atomic E-state index is -0.540. The molecule has 1 heterocycles. The first kappa shape index (κ1) is 24.3. The number of hydrogen-bond donors (Lipinski definition) is 2. The lowest BCUT2D eigenvalue weighted by Gasteiger charge is -2.15. The molecule has 0 aliphatic heterocycles. The largest absolute Gasteiger partial charge is 0.338 e. The number of anilines is 1. The second-order valence-electron chi connectivity index (χ2n) is 7.84. The summed E-state index contributed by atoms with van der Waals surface area (Å²) >= 11 is 25.7. The van der Waals surface area contributed by atoms with Crippen LogP contribution in [0.2, 0.25) is 20.1 Å². The Morgan fingerprint density at radius 3 is 2.06 bits per heavy atom. The number of fused-ring (bicyclic) bond motifs is 1. The molecular formula is C27H15Cl4N3O2. The lowest BCUT2D eigenvalue weighted by Crippen LogP contribution is -2.15. The van der Waals surface area contributed by atoms with Gasteiger partial charge in [-0.25, -0.2) is 4.98 Å². The van der Waals surface area contributed by atoms with Crippen molar-refractivity contribution >= 4 is 74.8 Å². The van der Waals surface area contributed by atoms with E-state index in [0.29, 0.717) is 27.8 Å². The maximum atomic E-state index is 13.3. The number of carbonyl (C=O) groups excluding carboxylic acids is 2. The SMILES string of the molecule is O=C(c1ccccc1)c1ccc2nc(-c3c(Cl)c(Cl)c(Cl)c(Cl)c3C(=O)Nc3ccccc3)[nH]c2c1. The summed E-state index contributed by atoms with van der Waals surface area (Å²) < 4.78 is 0. The molecule has 36 heavy (non-hydrogen) atoms. The Morgan fingerprint density at radius 2 is 1.36 bits per heavy atom. The summed E-state index contributed by atoms with van der Waals surface area (Å²) in [6.07, 6.45) is 0. The van der Waals surface area contributed by atoms with Crippen LogP contribution in [0.1, 0.15) is 26.3 Å². The molecule has 0 atom stereocenters. The summed E-state index contributed by atoms with van der Waals surface area (Å²) in [5.41, 5.74) is 2.93. The molecule has 5 nitrogen and oxygen atoms in total. The number of halogens is 4. The van der Waals surface area contributed by atoms with E-state index in [4.69, 9.17) is 46.4 Å². The van der Waals surface area contributed by atoms with Gasteiger partial charge in [0.1, 0.15) is 5.82 Å². The van der Waals surface area contributed by atoms with Crippen LogP contribution in [-0.4, -0.2) is 21.7 Å². The van der Waals surface area contributed by atoms with Crippen molar-refractivity contribution in [2.24, 2.45) is 0 Å². The van der Waals surface area contributed by atoms with E-state index in [1.807, 2.05) is 12.1 Å². The van der Waals surface area contributed by atoms with Crippen LogP contribution in [0.25, 0.3) is 22.4 Å². The number of H-pyrrole nitrogens is 1. The van der Waals surface area contributed by atoms with Crippen LogP contribution >= 0.6 is 46.4 Å². The van der Waals surface area contributed by atoms with Gasteiger partial charge in [-0.05, 0) is 30.3 Å². The van der Waals surface area contributed by atoms with E-state index < -0.39 is 5.91 Å². The molecule has 0 bridgehead atoms. The van der Waals surface area contributed by atoms with Crippen molar-refractivity contribution in [1.29, 1.82) is 0 Å². The number of imidazole rings is 1. The third kappa shape index (κ3) is 4.47. The zero-order valence-electron chi connectivity index (χ0n) is 18.3. The van der Waals surface area contributed by atoms with Crippen LogP contribution < -0.4 is 5.32 Å². The Bertz CT molecular complexity index is 1630. The Labute approximate surface area is 226 Å². The topological polar surface area (TPSA) is 74.8 Å². The van der Waals surface area contributed by atoms with Gasteiger partial charge in [0, 0.05) is 16.8 Å². The van der Waals surface area contributed by atoms with E-state index in [1.54, 1.807) is 66.7 Å². The molecule has 9 heteroatoms. The quantitative estimate of drug-likeness (QED) is 0.130. The van der Waals surface area contributed by atoms with Gasteiger partial charge in [0.05, 0.1) is 42.3 Å². The second kappa shape index (κ2) is 9.96. The van der Waals surface area contributed by atoms with E-state index in [9.17, 15) is 9.59 Å². The first-order valence-electron chi connectivity index (χ1n) is 10.7. The normalized spacial score (nSPS) is 11.0. The number of carbonyl (C=O) groups is 2. The van der Waals surface area contributed by atoms with E-state index >= 15 is 0 Å². The Morgan fingerprint density at radius 1 is 0.722 bits per heavy atom. The zero-order valence-corrected chi connectivity index (χ0v) is 21.3. The predicted molar refractivity (Wildman–Crippen MR) is 146 cm³/mol. The fourth-order valence-electron chi connectivity index (χ4n) is 3.81. The van der Waals surface area contributed by atoms with Gasteiger partial charge in [-0.2, -0.15) is 0 Å². The molecule has 5 rings (SSSR count). The fraction of sp³-hybridized carbons (Fsp3) is 0. The van der Waals surface area contributed by atoms with Gasteiger partial charge in [0.25, 0.3) is 5.91 Å². The molecule has 1 amide bonds. The summed E-state index contributed by atoms with van der Waals surface area (Å²) in [7, 11) is 0. The highest BCUT2D eigenvalue weighted by atomic mass is 35.5. The molecule has 0 aliphatic rings. The van der Waals surface area contributed by atoms with Gasteiger partial charge in [0.15, 0.2) is 5.78 Å².